The SMILES string of the molecule is [CH2]CCCC[C](CCCCCCCCCCCCCCCCCCCCCCCCCCCCCCCCCCCCCC)CCCCCCCCCCCCCCCCCCCCCCCCCCCCCCCCCCCCCC. The summed E-state index contributed by atoms with van der Waals surface area (Å²) in [5, 5.41) is 0. The Morgan fingerprint density at radius 2 is 0.232 bits per heavy atom. The molecule has 0 N–H and O–H groups in total. The third-order valence-electron chi connectivity index (χ3n) is 19.8. The highest BCUT2D eigenvalue weighted by atomic mass is 14.2. The molecule has 0 fully saturated rings. The molecule has 0 aliphatic carbocycles. The second kappa shape index (κ2) is 79.0. The van der Waals surface area contributed by atoms with E-state index < -0.39 is 0 Å². The van der Waals surface area contributed by atoms with Crippen molar-refractivity contribution >= 4 is 0 Å². The van der Waals surface area contributed by atoms with Crippen LogP contribution in [0.2, 0.25) is 0 Å². The topological polar surface area (TPSA) is 0 Å². The zero-order chi connectivity index (χ0) is 58.7. The monoisotopic (exact) mass is 1150 g/mol. The molecule has 0 aromatic heterocycles. The van der Waals surface area contributed by atoms with Gasteiger partial charge in [0.05, 0.1) is 0 Å². The van der Waals surface area contributed by atoms with Crippen LogP contribution in [0.1, 0.15) is 515 Å². The van der Waals surface area contributed by atoms with E-state index in [1.54, 1.807) is 0 Å². The molecule has 82 heavy (non-hydrogen) atoms. The maximum Gasteiger partial charge on any atom is -0.0241 e. The first kappa shape index (κ1) is 82.0. The van der Waals surface area contributed by atoms with Gasteiger partial charge in [-0.25, -0.2) is 0 Å². The van der Waals surface area contributed by atoms with Gasteiger partial charge in [0.1, 0.15) is 0 Å². The second-order valence-corrected chi connectivity index (χ2v) is 28.3. The Kier molecular flexibility index (Phi) is 79.0. The third kappa shape index (κ3) is 76.1. The Morgan fingerprint density at radius 1 is 0.134 bits per heavy atom. The van der Waals surface area contributed by atoms with E-state index in [-0.39, 0.29) is 0 Å². The Labute approximate surface area is 524 Å². The molecule has 2 radical (unpaired) electrons. The number of hydrogen-bond acceptors (Lipinski definition) is 0. The van der Waals surface area contributed by atoms with Crippen molar-refractivity contribution in [3.63, 3.8) is 0 Å². The van der Waals surface area contributed by atoms with Gasteiger partial charge in [0.25, 0.3) is 0 Å². The first-order valence-corrected chi connectivity index (χ1v) is 40.5. The number of unbranched alkanes of at least 4 members (excludes halogenated alkanes) is 72. The maximum absolute atomic E-state index is 4.13. The van der Waals surface area contributed by atoms with E-state index in [2.05, 4.69) is 20.8 Å². The predicted molar refractivity (Wildman–Crippen MR) is 380 cm³/mol. The molecule has 0 saturated carbocycles. The lowest BCUT2D eigenvalue weighted by molar-refractivity contribution is 0.503. The Hall–Kier alpha value is 0. The molecule has 0 nitrogen and oxygen atoms in total. The predicted octanol–water partition coefficient (Wildman–Crippen LogP) is 31.9. The van der Waals surface area contributed by atoms with E-state index in [9.17, 15) is 0 Å². The van der Waals surface area contributed by atoms with Crippen molar-refractivity contribution in [2.45, 2.75) is 515 Å². The van der Waals surface area contributed by atoms with Crippen LogP contribution >= 0.6 is 0 Å². The van der Waals surface area contributed by atoms with Gasteiger partial charge in [-0.15, -0.1) is 0 Å². The minimum absolute atomic E-state index is 1.12. The average Bonchev–Trinajstić information content (AvgIpc) is 3.48. The zero-order valence-electron chi connectivity index (χ0n) is 58.4. The van der Waals surface area contributed by atoms with Crippen molar-refractivity contribution in [2.75, 3.05) is 0 Å². The van der Waals surface area contributed by atoms with Gasteiger partial charge in [-0.2, -0.15) is 0 Å². The van der Waals surface area contributed by atoms with Gasteiger partial charge in [0.15, 0.2) is 0 Å². The largest absolute Gasteiger partial charge is 0.0654 e. The highest BCUT2D eigenvalue weighted by Gasteiger charge is 2.10. The van der Waals surface area contributed by atoms with Crippen molar-refractivity contribution in [1.82, 2.24) is 0 Å². The average molecular weight is 1150 g/mol. The van der Waals surface area contributed by atoms with E-state index >= 15 is 0 Å². The van der Waals surface area contributed by atoms with E-state index in [0.29, 0.717) is 0 Å². The van der Waals surface area contributed by atoms with Crippen LogP contribution in [-0.4, -0.2) is 0 Å². The van der Waals surface area contributed by atoms with Crippen LogP contribution in [-0.2, 0) is 0 Å². The van der Waals surface area contributed by atoms with E-state index in [1.165, 1.54) is 494 Å². The Balaban J connectivity index is 3.37. The standard InChI is InChI=1S/C82H164/c1-4-7-10-12-14-16-18-20-22-24-26-28-30-32-34-36-38-40-42-44-46-48-50-52-54-56-58-60-62-64-66-68-70-72-74-77-80-82(79-76-9-6-3)81-78-75-73-71-69-67-65-63-61-59-57-55-53-51-49-47-45-43-41-39-37-35-33-31-29-27-25-23-21-19-17-15-13-11-8-5-2/h3-81H2,1-2H3. The molecule has 0 unspecified atom stereocenters. The molecule has 0 bridgehead atoms. The maximum atomic E-state index is 4.13. The van der Waals surface area contributed by atoms with Crippen LogP contribution in [0.3, 0.4) is 0 Å². The quantitative estimate of drug-likeness (QED) is 0.0533. The molecule has 0 aliphatic rings. The fraction of sp³-hybridized carbons (Fsp3) is 0.976. The van der Waals surface area contributed by atoms with Gasteiger partial charge in [0, 0.05) is 0 Å². The summed E-state index contributed by atoms with van der Waals surface area (Å²) < 4.78 is 0. The summed E-state index contributed by atoms with van der Waals surface area (Å²) in [6.45, 7) is 8.76. The summed E-state index contributed by atoms with van der Waals surface area (Å²) in [6.07, 6.45) is 115. The lowest BCUT2D eigenvalue weighted by Gasteiger charge is -2.16. The molecule has 0 aromatic rings. The molecule has 0 atom stereocenters. The molecule has 492 valence electrons. The Bertz CT molecular complexity index is 951. The zero-order valence-corrected chi connectivity index (χ0v) is 58.4. The molecule has 0 aromatic carbocycles. The van der Waals surface area contributed by atoms with Gasteiger partial charge in [-0.1, -0.05) is 502 Å². The van der Waals surface area contributed by atoms with Crippen LogP contribution in [0, 0.1) is 12.8 Å². The van der Waals surface area contributed by atoms with Crippen LogP contribution in [0.25, 0.3) is 0 Å². The van der Waals surface area contributed by atoms with Gasteiger partial charge in [-0.3, -0.25) is 0 Å². The van der Waals surface area contributed by atoms with E-state index in [1.807, 2.05) is 5.92 Å². The molecule has 0 heterocycles. The van der Waals surface area contributed by atoms with Crippen molar-refractivity contribution in [3.8, 4) is 0 Å². The molecule has 0 amide bonds. The molecule has 0 saturated heterocycles. The highest BCUT2D eigenvalue weighted by Crippen LogP contribution is 2.27. The van der Waals surface area contributed by atoms with Crippen LogP contribution < -0.4 is 0 Å². The summed E-state index contributed by atoms with van der Waals surface area (Å²) in [4.78, 5) is 0. The van der Waals surface area contributed by atoms with Gasteiger partial charge < -0.3 is 0 Å². The summed E-state index contributed by atoms with van der Waals surface area (Å²) in [7, 11) is 0. The van der Waals surface area contributed by atoms with Crippen molar-refractivity contribution in [2.24, 2.45) is 0 Å². The molecular formula is C82H164. The number of rotatable bonds is 78. The van der Waals surface area contributed by atoms with Gasteiger partial charge in [0.2, 0.25) is 0 Å². The molecular weight excluding hydrogens is 985 g/mol. The minimum Gasteiger partial charge on any atom is -0.0654 e. The van der Waals surface area contributed by atoms with Crippen molar-refractivity contribution < 1.29 is 0 Å². The molecule has 0 heteroatoms. The number of hydrogen-bond donors (Lipinski definition) is 0. The summed E-state index contributed by atoms with van der Waals surface area (Å²) >= 11 is 0. The fourth-order valence-electron chi connectivity index (χ4n) is 13.8. The normalized spacial score (nSPS) is 11.9. The highest BCUT2D eigenvalue weighted by molar-refractivity contribution is 4.89. The summed E-state index contributed by atoms with van der Waals surface area (Å²) in [5.41, 5.74) is 0. The van der Waals surface area contributed by atoms with Crippen LogP contribution in [0.15, 0.2) is 0 Å². The smallest absolute Gasteiger partial charge is 0.0241 e. The molecule has 0 aliphatic heterocycles. The van der Waals surface area contributed by atoms with Gasteiger partial charge in [-0.05, 0) is 25.2 Å². The fourth-order valence-corrected chi connectivity index (χ4v) is 13.8. The third-order valence-corrected chi connectivity index (χ3v) is 19.8. The summed E-state index contributed by atoms with van der Waals surface area (Å²) in [6, 6.07) is 0. The first-order chi connectivity index (χ1) is 40.8. The lowest BCUT2D eigenvalue weighted by atomic mass is 9.89. The van der Waals surface area contributed by atoms with E-state index in [4.69, 9.17) is 0 Å². The summed E-state index contributed by atoms with van der Waals surface area (Å²) in [5.74, 6) is 1.91. The second-order valence-electron chi connectivity index (χ2n) is 28.3. The van der Waals surface area contributed by atoms with Crippen LogP contribution in [0.4, 0.5) is 0 Å². The minimum atomic E-state index is 1.12. The van der Waals surface area contributed by atoms with Crippen LogP contribution in [0.5, 0.6) is 0 Å². The van der Waals surface area contributed by atoms with Crippen molar-refractivity contribution in [1.29, 1.82) is 0 Å². The molecule has 0 spiro atoms. The van der Waals surface area contributed by atoms with E-state index in [0.717, 1.165) is 6.42 Å². The van der Waals surface area contributed by atoms with Gasteiger partial charge >= 0.3 is 0 Å². The first-order valence-electron chi connectivity index (χ1n) is 40.5. The lowest BCUT2D eigenvalue weighted by Crippen LogP contribution is -1.99. The Morgan fingerprint density at radius 3 is 0.341 bits per heavy atom. The molecule has 0 rings (SSSR count). The van der Waals surface area contributed by atoms with Crippen molar-refractivity contribution in [3.05, 3.63) is 12.8 Å².